The van der Waals surface area contributed by atoms with E-state index in [1.807, 2.05) is 34.1 Å². The fraction of sp³-hybridized carbons (Fsp3) is 0.304. The van der Waals surface area contributed by atoms with Crippen LogP contribution in [0.2, 0.25) is 5.02 Å². The lowest BCUT2D eigenvalue weighted by Gasteiger charge is -2.44. The quantitative estimate of drug-likeness (QED) is 0.713. The Bertz CT molecular complexity index is 943. The number of carbonyl (C=O) groups excluding carboxylic acids is 2. The maximum atomic E-state index is 13.0. The molecule has 2 heterocycles. The molecule has 4 rings (SSSR count). The van der Waals surface area contributed by atoms with Gasteiger partial charge in [0.25, 0.3) is 5.91 Å². The number of hydrogen-bond acceptors (Lipinski definition) is 2. The molecule has 0 bridgehead atoms. The number of halogens is 1. The number of nitrogens with zero attached hydrogens (tertiary/aromatic N) is 2. The highest BCUT2D eigenvalue weighted by Crippen LogP contribution is 2.43. The first-order chi connectivity index (χ1) is 14.0. The van der Waals surface area contributed by atoms with Gasteiger partial charge in [0.05, 0.1) is 6.04 Å². The average molecular weight is 410 g/mol. The van der Waals surface area contributed by atoms with Crippen LogP contribution in [-0.2, 0) is 0 Å². The van der Waals surface area contributed by atoms with Crippen molar-refractivity contribution in [2.75, 3.05) is 11.9 Å². The summed E-state index contributed by atoms with van der Waals surface area (Å²) in [6.45, 7) is 6.33. The van der Waals surface area contributed by atoms with Gasteiger partial charge < -0.3 is 15.1 Å². The van der Waals surface area contributed by atoms with Crippen LogP contribution in [0.4, 0.5) is 10.5 Å². The molecule has 5 nitrogen and oxygen atoms in total. The van der Waals surface area contributed by atoms with Gasteiger partial charge in [-0.2, -0.15) is 0 Å². The molecule has 3 amide bonds. The summed E-state index contributed by atoms with van der Waals surface area (Å²) in [6.07, 6.45) is 3.19. The van der Waals surface area contributed by atoms with E-state index in [1.165, 1.54) is 0 Å². The number of piperidine rings is 1. The van der Waals surface area contributed by atoms with E-state index in [4.69, 9.17) is 11.6 Å². The molecule has 29 heavy (non-hydrogen) atoms. The summed E-state index contributed by atoms with van der Waals surface area (Å²) in [4.78, 5) is 29.7. The lowest BCUT2D eigenvalue weighted by Crippen LogP contribution is -2.52. The molecule has 2 aromatic rings. The zero-order chi connectivity index (χ0) is 20.5. The van der Waals surface area contributed by atoms with Crippen molar-refractivity contribution in [1.29, 1.82) is 0 Å². The number of carbonyl (C=O) groups is 2. The molecule has 3 atom stereocenters. The molecule has 1 N–H and O–H groups in total. The van der Waals surface area contributed by atoms with E-state index in [2.05, 4.69) is 18.8 Å². The number of rotatable bonds is 4. The maximum absolute atomic E-state index is 13.0. The molecule has 2 aliphatic rings. The molecule has 0 radical (unpaired) electrons. The Labute approximate surface area is 175 Å². The molecule has 0 spiro atoms. The lowest BCUT2D eigenvalue weighted by molar-refractivity contribution is 0.0393. The predicted molar refractivity (Wildman–Crippen MR) is 115 cm³/mol. The van der Waals surface area contributed by atoms with Crippen molar-refractivity contribution in [2.24, 2.45) is 0 Å². The summed E-state index contributed by atoms with van der Waals surface area (Å²) in [5.41, 5.74) is 2.54. The molecule has 0 aliphatic carbocycles. The van der Waals surface area contributed by atoms with Crippen molar-refractivity contribution in [3.63, 3.8) is 0 Å². The minimum atomic E-state index is -0.171. The third kappa shape index (κ3) is 3.62. The Balaban J connectivity index is 1.57. The van der Waals surface area contributed by atoms with E-state index in [0.717, 1.165) is 24.0 Å². The summed E-state index contributed by atoms with van der Waals surface area (Å²) in [5, 5.41) is 3.58. The number of benzene rings is 2. The van der Waals surface area contributed by atoms with E-state index in [1.54, 1.807) is 30.3 Å². The highest BCUT2D eigenvalue weighted by Gasteiger charge is 2.45. The van der Waals surface area contributed by atoms with Crippen LogP contribution >= 0.6 is 11.6 Å². The van der Waals surface area contributed by atoms with Crippen molar-refractivity contribution in [2.45, 2.75) is 37.9 Å². The van der Waals surface area contributed by atoms with Crippen LogP contribution in [0, 0.1) is 0 Å². The second-order valence-electron chi connectivity index (χ2n) is 7.67. The SMILES string of the molecule is C=CCN(C(=O)Nc1ccc(Cl)cc1)C1C[C@@H](C)N2C(=O)c3ccccc3[C@@H]2C1. The van der Waals surface area contributed by atoms with Gasteiger partial charge in [0.15, 0.2) is 0 Å². The van der Waals surface area contributed by atoms with Gasteiger partial charge >= 0.3 is 6.03 Å². The summed E-state index contributed by atoms with van der Waals surface area (Å²) in [6, 6.07) is 14.7. The normalized spacial score (nSPS) is 22.6. The Hall–Kier alpha value is -2.79. The molecule has 0 saturated carbocycles. The van der Waals surface area contributed by atoms with Crippen LogP contribution in [0.25, 0.3) is 0 Å². The Morgan fingerprint density at radius 3 is 2.69 bits per heavy atom. The number of hydrogen-bond donors (Lipinski definition) is 1. The van der Waals surface area contributed by atoms with Gasteiger partial charge in [-0.3, -0.25) is 4.79 Å². The summed E-state index contributed by atoms with van der Waals surface area (Å²) in [5.74, 6) is 0.0948. The maximum Gasteiger partial charge on any atom is 0.322 e. The van der Waals surface area contributed by atoms with Crippen molar-refractivity contribution in [1.82, 2.24) is 9.80 Å². The molecule has 2 aliphatic heterocycles. The smallest absolute Gasteiger partial charge is 0.322 e. The van der Waals surface area contributed by atoms with Gasteiger partial charge in [0.1, 0.15) is 0 Å². The number of nitrogens with one attached hydrogen (secondary N) is 1. The lowest BCUT2D eigenvalue weighted by atomic mass is 9.89. The number of urea groups is 1. The van der Waals surface area contributed by atoms with Gasteiger partial charge in [-0.15, -0.1) is 6.58 Å². The molecule has 150 valence electrons. The van der Waals surface area contributed by atoms with Crippen LogP contribution in [0.15, 0.2) is 61.2 Å². The number of fused-ring (bicyclic) bond motifs is 3. The topological polar surface area (TPSA) is 52.7 Å². The van der Waals surface area contributed by atoms with E-state index in [9.17, 15) is 9.59 Å². The van der Waals surface area contributed by atoms with Gasteiger partial charge in [-0.1, -0.05) is 35.9 Å². The zero-order valence-electron chi connectivity index (χ0n) is 16.3. The summed E-state index contributed by atoms with van der Waals surface area (Å²) >= 11 is 5.93. The highest BCUT2D eigenvalue weighted by atomic mass is 35.5. The van der Waals surface area contributed by atoms with Crippen LogP contribution < -0.4 is 5.32 Å². The van der Waals surface area contributed by atoms with Crippen molar-refractivity contribution < 1.29 is 9.59 Å². The third-order valence-corrected chi connectivity index (χ3v) is 6.08. The van der Waals surface area contributed by atoms with Gasteiger partial charge in [0.2, 0.25) is 0 Å². The summed E-state index contributed by atoms with van der Waals surface area (Å²) < 4.78 is 0. The Morgan fingerprint density at radius 2 is 1.97 bits per heavy atom. The van der Waals surface area contributed by atoms with E-state index >= 15 is 0 Å². The van der Waals surface area contributed by atoms with Gasteiger partial charge in [-0.05, 0) is 55.7 Å². The monoisotopic (exact) mass is 409 g/mol. The molecule has 6 heteroatoms. The first kappa shape index (κ1) is 19.5. The second-order valence-corrected chi connectivity index (χ2v) is 8.10. The van der Waals surface area contributed by atoms with E-state index in [0.29, 0.717) is 17.3 Å². The number of amides is 3. The van der Waals surface area contributed by atoms with Crippen molar-refractivity contribution in [3.05, 3.63) is 77.3 Å². The van der Waals surface area contributed by atoms with Gasteiger partial charge in [0, 0.05) is 34.9 Å². The first-order valence-corrected chi connectivity index (χ1v) is 10.2. The van der Waals surface area contributed by atoms with Crippen LogP contribution in [0.5, 0.6) is 0 Å². The Morgan fingerprint density at radius 1 is 1.24 bits per heavy atom. The molecular formula is C23H24ClN3O2. The minimum Gasteiger partial charge on any atom is -0.329 e. The summed E-state index contributed by atoms with van der Waals surface area (Å²) in [7, 11) is 0. The second kappa shape index (κ2) is 7.91. The standard InChI is InChI=1S/C23H24ClN3O2/c1-3-12-26(23(29)25-17-10-8-16(24)9-11-17)18-13-15(2)27-21(14-18)19-6-4-5-7-20(19)22(27)28/h3-11,15,18,21H,1,12-14H2,2H3,(H,25,29)/t15-,18?,21+/m1/s1. The van der Waals surface area contributed by atoms with Crippen LogP contribution in [-0.4, -0.2) is 40.4 Å². The van der Waals surface area contributed by atoms with Gasteiger partial charge in [-0.25, -0.2) is 4.79 Å². The molecule has 1 fully saturated rings. The molecule has 0 aromatic heterocycles. The van der Waals surface area contributed by atoms with Crippen molar-refractivity contribution >= 4 is 29.2 Å². The van der Waals surface area contributed by atoms with Crippen molar-refractivity contribution in [3.8, 4) is 0 Å². The third-order valence-electron chi connectivity index (χ3n) is 5.83. The fourth-order valence-electron chi connectivity index (χ4n) is 4.54. The highest BCUT2D eigenvalue weighted by molar-refractivity contribution is 6.30. The van der Waals surface area contributed by atoms with E-state index < -0.39 is 0 Å². The zero-order valence-corrected chi connectivity index (χ0v) is 17.1. The predicted octanol–water partition coefficient (Wildman–Crippen LogP) is 5.11. The Kier molecular flexibility index (Phi) is 5.33. The molecule has 1 unspecified atom stereocenters. The molecule has 2 aromatic carbocycles. The van der Waals surface area contributed by atoms with Crippen LogP contribution in [0.1, 0.15) is 41.7 Å². The van der Waals surface area contributed by atoms with E-state index in [-0.39, 0.29) is 30.1 Å². The molecular weight excluding hydrogens is 386 g/mol. The fourth-order valence-corrected chi connectivity index (χ4v) is 4.67. The largest absolute Gasteiger partial charge is 0.329 e. The number of anilines is 1. The van der Waals surface area contributed by atoms with Crippen LogP contribution in [0.3, 0.4) is 0 Å². The first-order valence-electron chi connectivity index (χ1n) is 9.85. The molecule has 1 saturated heterocycles. The minimum absolute atomic E-state index is 0.00287. The average Bonchev–Trinajstić information content (AvgIpc) is 3.01.